The monoisotopic (exact) mass is 513 g/mol. The molecule has 3 N–H and O–H groups in total. The quantitative estimate of drug-likeness (QED) is 0.407. The molecule has 0 aliphatic heterocycles. The average molecular weight is 514 g/mol. The van der Waals surface area contributed by atoms with Crippen molar-refractivity contribution in [3.05, 3.63) is 65.7 Å². The minimum Gasteiger partial charge on any atom is -0.489 e. The van der Waals surface area contributed by atoms with E-state index in [4.69, 9.17) is 14.2 Å². The van der Waals surface area contributed by atoms with Gasteiger partial charge in [-0.1, -0.05) is 42.5 Å². The lowest BCUT2D eigenvalue weighted by atomic mass is 10.1. The molecule has 37 heavy (non-hydrogen) atoms. The third-order valence-corrected chi connectivity index (χ3v) is 4.71. The maximum Gasteiger partial charge on any atom is 0.408 e. The van der Waals surface area contributed by atoms with Gasteiger partial charge in [0.2, 0.25) is 5.91 Å². The van der Waals surface area contributed by atoms with Gasteiger partial charge in [-0.25, -0.2) is 9.59 Å². The fraction of sp³-hybridized carbons (Fsp3) is 0.464. The molecular weight excluding hydrogens is 474 g/mol. The highest BCUT2D eigenvalue weighted by atomic mass is 16.6. The van der Waals surface area contributed by atoms with E-state index in [0.29, 0.717) is 12.4 Å². The number of amides is 3. The van der Waals surface area contributed by atoms with Crippen LogP contribution in [-0.4, -0.2) is 48.4 Å². The summed E-state index contributed by atoms with van der Waals surface area (Å²) in [5.41, 5.74) is 0.569. The molecule has 0 aromatic heterocycles. The molecule has 9 nitrogen and oxygen atoms in total. The highest BCUT2D eigenvalue weighted by Crippen LogP contribution is 2.16. The number of rotatable bonds is 10. The molecule has 0 aliphatic rings. The Morgan fingerprint density at radius 3 is 1.89 bits per heavy atom. The van der Waals surface area contributed by atoms with Crippen LogP contribution in [0.4, 0.5) is 9.59 Å². The van der Waals surface area contributed by atoms with Crippen molar-refractivity contribution in [3.8, 4) is 5.75 Å². The molecule has 2 aromatic carbocycles. The molecule has 0 saturated heterocycles. The van der Waals surface area contributed by atoms with Gasteiger partial charge in [0.25, 0.3) is 0 Å². The Balaban J connectivity index is 1.95. The lowest BCUT2D eigenvalue weighted by Gasteiger charge is -2.23. The lowest BCUT2D eigenvalue weighted by molar-refractivity contribution is -0.123. The van der Waals surface area contributed by atoms with E-state index >= 15 is 0 Å². The zero-order chi connectivity index (χ0) is 27.5. The number of hydrogen-bond donors (Lipinski definition) is 3. The Labute approximate surface area is 219 Å². The van der Waals surface area contributed by atoms with Gasteiger partial charge in [0, 0.05) is 19.5 Å². The van der Waals surface area contributed by atoms with Gasteiger partial charge < -0.3 is 30.2 Å². The summed E-state index contributed by atoms with van der Waals surface area (Å²) in [5.74, 6) is 0.295. The number of ether oxygens (including phenoxy) is 3. The van der Waals surface area contributed by atoms with Gasteiger partial charge in [0.1, 0.15) is 29.6 Å². The first-order chi connectivity index (χ1) is 17.3. The summed E-state index contributed by atoms with van der Waals surface area (Å²) in [5, 5.41) is 7.97. The van der Waals surface area contributed by atoms with Gasteiger partial charge in [-0.2, -0.15) is 0 Å². The number of hydrogen-bond acceptors (Lipinski definition) is 6. The Hall–Kier alpha value is -3.75. The molecule has 202 valence electrons. The van der Waals surface area contributed by atoms with Crippen LogP contribution in [0.5, 0.6) is 5.75 Å². The third-order valence-electron chi connectivity index (χ3n) is 4.71. The van der Waals surface area contributed by atoms with Crippen molar-refractivity contribution in [3.63, 3.8) is 0 Å². The second-order valence-corrected chi connectivity index (χ2v) is 10.5. The van der Waals surface area contributed by atoms with Crippen molar-refractivity contribution in [1.82, 2.24) is 16.0 Å². The molecule has 0 aliphatic carbocycles. The van der Waals surface area contributed by atoms with Crippen molar-refractivity contribution in [2.45, 2.75) is 71.8 Å². The van der Waals surface area contributed by atoms with Gasteiger partial charge in [0.05, 0.1) is 0 Å². The standard InChI is InChI=1S/C28H39N3O6/c1-27(2,3)36-25(33)30-17-16-29-24(32)23(31-26(34)37-28(4,5)6)18-20-12-14-22(15-13-20)35-19-21-10-8-7-9-11-21/h7-15,23H,16-19H2,1-6H3,(H,29,32)(H,30,33)(H,31,34)/t23-/m0/s1. The first-order valence-electron chi connectivity index (χ1n) is 12.3. The summed E-state index contributed by atoms with van der Waals surface area (Å²) in [6.45, 7) is 11.3. The van der Waals surface area contributed by atoms with Crippen LogP contribution in [0.1, 0.15) is 52.7 Å². The number of carbonyl (C=O) groups is 3. The third kappa shape index (κ3) is 12.7. The SMILES string of the molecule is CC(C)(C)OC(=O)NCCNC(=O)[C@H](Cc1ccc(OCc2ccccc2)cc1)NC(=O)OC(C)(C)C. The molecular formula is C28H39N3O6. The Bertz CT molecular complexity index is 1010. The Morgan fingerprint density at radius 1 is 0.730 bits per heavy atom. The minimum absolute atomic E-state index is 0.164. The number of carbonyl (C=O) groups excluding carboxylic acids is 3. The maximum atomic E-state index is 12.9. The van der Waals surface area contributed by atoms with Crippen LogP contribution in [0.25, 0.3) is 0 Å². The molecule has 0 radical (unpaired) electrons. The normalized spacial score (nSPS) is 12.2. The van der Waals surface area contributed by atoms with E-state index in [0.717, 1.165) is 11.1 Å². The largest absolute Gasteiger partial charge is 0.489 e. The van der Waals surface area contributed by atoms with E-state index in [2.05, 4.69) is 16.0 Å². The predicted molar refractivity (Wildman–Crippen MR) is 141 cm³/mol. The average Bonchev–Trinajstić information content (AvgIpc) is 2.79. The second-order valence-electron chi connectivity index (χ2n) is 10.5. The van der Waals surface area contributed by atoms with Crippen molar-refractivity contribution in [1.29, 1.82) is 0 Å². The zero-order valence-electron chi connectivity index (χ0n) is 22.6. The first-order valence-corrected chi connectivity index (χ1v) is 12.3. The van der Waals surface area contributed by atoms with E-state index in [-0.39, 0.29) is 19.5 Å². The molecule has 9 heteroatoms. The van der Waals surface area contributed by atoms with Crippen LogP contribution in [0.15, 0.2) is 54.6 Å². The van der Waals surface area contributed by atoms with Crippen LogP contribution in [-0.2, 0) is 27.3 Å². The number of benzene rings is 2. The van der Waals surface area contributed by atoms with Crippen molar-refractivity contribution >= 4 is 18.1 Å². The topological polar surface area (TPSA) is 115 Å². The molecule has 2 rings (SSSR count). The molecule has 0 heterocycles. The van der Waals surface area contributed by atoms with Crippen molar-refractivity contribution in [2.75, 3.05) is 13.1 Å². The molecule has 0 unspecified atom stereocenters. The summed E-state index contributed by atoms with van der Waals surface area (Å²) in [6.07, 6.45) is -1.02. The highest BCUT2D eigenvalue weighted by molar-refractivity contribution is 5.86. The van der Waals surface area contributed by atoms with Gasteiger partial charge in [-0.15, -0.1) is 0 Å². The van der Waals surface area contributed by atoms with E-state index in [1.54, 1.807) is 41.5 Å². The maximum absolute atomic E-state index is 12.9. The zero-order valence-corrected chi connectivity index (χ0v) is 22.6. The van der Waals surface area contributed by atoms with E-state index < -0.39 is 35.3 Å². The molecule has 0 bridgehead atoms. The molecule has 1 atom stereocenters. The molecule has 0 spiro atoms. The summed E-state index contributed by atoms with van der Waals surface area (Å²) in [4.78, 5) is 37.1. The molecule has 2 aromatic rings. The number of alkyl carbamates (subject to hydrolysis) is 2. The van der Waals surface area contributed by atoms with Crippen LogP contribution >= 0.6 is 0 Å². The van der Waals surface area contributed by atoms with E-state index in [9.17, 15) is 14.4 Å². The number of nitrogens with one attached hydrogen (secondary N) is 3. The Kier molecular flexibility index (Phi) is 10.8. The van der Waals surface area contributed by atoms with Crippen LogP contribution in [0, 0.1) is 0 Å². The predicted octanol–water partition coefficient (Wildman–Crippen LogP) is 4.34. The van der Waals surface area contributed by atoms with Crippen molar-refractivity contribution < 1.29 is 28.6 Å². The Morgan fingerprint density at radius 2 is 1.30 bits per heavy atom. The van der Waals surface area contributed by atoms with Gasteiger partial charge in [-0.3, -0.25) is 4.79 Å². The summed E-state index contributed by atoms with van der Waals surface area (Å²) >= 11 is 0. The molecule has 3 amide bonds. The van der Waals surface area contributed by atoms with Gasteiger partial charge in [-0.05, 0) is 64.8 Å². The molecule has 0 fully saturated rings. The fourth-order valence-electron chi connectivity index (χ4n) is 3.15. The fourth-order valence-corrected chi connectivity index (χ4v) is 3.15. The van der Waals surface area contributed by atoms with Crippen molar-refractivity contribution in [2.24, 2.45) is 0 Å². The minimum atomic E-state index is -0.882. The summed E-state index contributed by atoms with van der Waals surface area (Å²) < 4.78 is 16.3. The van der Waals surface area contributed by atoms with Gasteiger partial charge >= 0.3 is 12.2 Å². The van der Waals surface area contributed by atoms with Crippen LogP contribution in [0.3, 0.4) is 0 Å². The highest BCUT2D eigenvalue weighted by Gasteiger charge is 2.25. The first kappa shape index (κ1) is 29.5. The summed E-state index contributed by atoms with van der Waals surface area (Å²) in [6, 6.07) is 16.3. The van der Waals surface area contributed by atoms with Crippen LogP contribution in [0.2, 0.25) is 0 Å². The molecule has 0 saturated carbocycles. The summed E-state index contributed by atoms with van der Waals surface area (Å²) in [7, 11) is 0. The van der Waals surface area contributed by atoms with Crippen LogP contribution < -0.4 is 20.7 Å². The van der Waals surface area contributed by atoms with E-state index in [1.165, 1.54) is 0 Å². The smallest absolute Gasteiger partial charge is 0.408 e. The second kappa shape index (κ2) is 13.5. The van der Waals surface area contributed by atoms with Gasteiger partial charge in [0.15, 0.2) is 0 Å². The lowest BCUT2D eigenvalue weighted by Crippen LogP contribution is -2.50. The van der Waals surface area contributed by atoms with E-state index in [1.807, 2.05) is 54.6 Å².